The summed E-state index contributed by atoms with van der Waals surface area (Å²) < 4.78 is 12.7. The van der Waals surface area contributed by atoms with Gasteiger partial charge in [-0.25, -0.2) is 4.79 Å². The zero-order valence-electron chi connectivity index (χ0n) is 35.7. The van der Waals surface area contributed by atoms with Gasteiger partial charge in [0.05, 0.1) is 43.6 Å². The minimum absolute atomic E-state index is 0.0347. The summed E-state index contributed by atoms with van der Waals surface area (Å²) in [6.45, 7) is 12.9. The smallest absolute Gasteiger partial charge is 0.335 e. The fraction of sp³-hybridized carbons (Fsp3) is 0.405. The molecule has 0 unspecified atom stereocenters. The van der Waals surface area contributed by atoms with Crippen molar-refractivity contribution in [2.45, 2.75) is 100 Å². The summed E-state index contributed by atoms with van der Waals surface area (Å²) in [5.41, 5.74) is 0.662. The molecule has 19 nitrogen and oxygen atoms in total. The monoisotopic (exact) mass is 866 g/mol. The average Bonchev–Trinajstić information content (AvgIpc) is 3.55. The molecule has 0 amide bonds. The first-order chi connectivity index (χ1) is 28.6. The minimum atomic E-state index is -0.879. The predicted octanol–water partition coefficient (Wildman–Crippen LogP) is 4.94. The number of ketones is 4. The summed E-state index contributed by atoms with van der Waals surface area (Å²) in [4.78, 5) is 128. The number of cyclic esters (lactones) is 2. The van der Waals surface area contributed by atoms with E-state index in [2.05, 4.69) is 14.2 Å². The molecule has 2 aromatic carbocycles. The van der Waals surface area contributed by atoms with E-state index in [4.69, 9.17) is 24.9 Å². The summed E-state index contributed by atoms with van der Waals surface area (Å²) in [6.07, 6.45) is 4.47. The highest BCUT2D eigenvalue weighted by Crippen LogP contribution is 2.11. The maximum absolute atomic E-state index is 10.4. The number of ether oxygens (including phenoxy) is 3. The van der Waals surface area contributed by atoms with Gasteiger partial charge in [-0.3, -0.25) is 43.2 Å². The Balaban J connectivity index is -0.000000142. The molecule has 0 aromatic heterocycles. The van der Waals surface area contributed by atoms with Gasteiger partial charge in [-0.2, -0.15) is 0 Å². The van der Waals surface area contributed by atoms with Gasteiger partial charge in [-0.05, 0) is 79.2 Å². The minimum Gasteiger partial charge on any atom is -0.507 e. The number of carbonyl (C=O) groups is 13. The van der Waals surface area contributed by atoms with Gasteiger partial charge in [0.25, 0.3) is 12.4 Å². The summed E-state index contributed by atoms with van der Waals surface area (Å²) in [6, 6.07) is 14.7. The predicted molar refractivity (Wildman–Crippen MR) is 218 cm³/mol. The molecule has 3 N–H and O–H groups in total. The number of hydrogen-bond donors (Lipinski definition) is 3. The van der Waals surface area contributed by atoms with Crippen molar-refractivity contribution in [2.24, 2.45) is 0 Å². The lowest BCUT2D eigenvalue weighted by atomic mass is 10.2. The number of aromatic carboxylic acids is 1. The summed E-state index contributed by atoms with van der Waals surface area (Å²) >= 11 is 0. The largest absolute Gasteiger partial charge is 0.507 e. The number of aromatic hydroxyl groups is 1. The van der Waals surface area contributed by atoms with Crippen LogP contribution in [-0.4, -0.2) is 107 Å². The highest BCUT2D eigenvalue weighted by Gasteiger charge is 2.19. The standard InChI is InChI=1S/2C7H6O2.C6H10O3.C6H10O2.C5H8O2.C4H4O3.C3H6O2.C2H4O2.C2H4O/c8-5-6-3-1-2-4-7(6)9;8-7(9)6-4-2-1-3-5-6;1-3-9-6(8)4-5(2)7;1-6(8)4-2-3-5-7;1-4(6)3-5(2)7;5-3-1-2-4(6)7-3;1-2-5-3-4;1-2(3)4;1-2-3/h1-5,9H;1-5H,(H,8,9);3-4H2,1-2H3;5H,2-4H2,1H3;3H2,1-2H3;1-2H2;3H,2H2,1H3;1H3,(H,3,4);2H,1H3. The van der Waals surface area contributed by atoms with Crippen molar-refractivity contribution in [1.82, 2.24) is 0 Å². The molecule has 340 valence electrons. The number of unbranched alkanes of at least 4 members (excludes halogenated alkanes) is 1. The normalized spacial score (nSPS) is 9.44. The fourth-order valence-electron chi connectivity index (χ4n) is 2.87. The van der Waals surface area contributed by atoms with E-state index in [1.165, 1.54) is 40.7 Å². The lowest BCUT2D eigenvalue weighted by molar-refractivity contribution is -0.152. The second kappa shape index (κ2) is 49.1. The second-order valence-electron chi connectivity index (χ2n) is 11.0. The van der Waals surface area contributed by atoms with Crippen molar-refractivity contribution >= 4 is 78.3 Å². The summed E-state index contributed by atoms with van der Waals surface area (Å²) in [5, 5.41) is 24.7. The molecule has 1 aliphatic rings. The third kappa shape index (κ3) is 68.0. The van der Waals surface area contributed by atoms with E-state index in [0.29, 0.717) is 56.4 Å². The molecule has 1 fully saturated rings. The molecule has 1 aliphatic heterocycles. The Morgan fingerprint density at radius 3 is 1.36 bits per heavy atom. The number of phenolic OH excluding ortho intramolecular Hbond substituents is 1. The Morgan fingerprint density at radius 2 is 1.13 bits per heavy atom. The van der Waals surface area contributed by atoms with Crippen molar-refractivity contribution < 1.29 is 91.9 Å². The van der Waals surface area contributed by atoms with Crippen LogP contribution in [0.2, 0.25) is 0 Å². The molecular weight excluding hydrogens is 808 g/mol. The molecular formula is C42H58O19. The van der Waals surface area contributed by atoms with Crippen LogP contribution in [-0.2, 0) is 67.0 Å². The number of hydrogen-bond acceptors (Lipinski definition) is 17. The van der Waals surface area contributed by atoms with Crippen LogP contribution in [0.4, 0.5) is 0 Å². The van der Waals surface area contributed by atoms with Gasteiger partial charge in [-0.15, -0.1) is 0 Å². The van der Waals surface area contributed by atoms with E-state index in [0.717, 1.165) is 19.5 Å². The van der Waals surface area contributed by atoms with E-state index in [1.54, 1.807) is 62.4 Å². The molecule has 2 aromatic rings. The number of carboxylic acids is 2. The fourth-order valence-corrected chi connectivity index (χ4v) is 2.87. The maximum atomic E-state index is 10.4. The number of carboxylic acid groups (broad SMARTS) is 2. The molecule has 0 spiro atoms. The zero-order chi connectivity index (χ0) is 48.6. The second-order valence-corrected chi connectivity index (χ2v) is 11.0. The number of carbonyl (C=O) groups excluding carboxylic acids is 11. The van der Waals surface area contributed by atoms with Gasteiger partial charge < -0.3 is 43.9 Å². The number of Topliss-reactive ketones (excluding diaryl/α,β-unsaturated/α-hetero) is 4. The molecule has 1 heterocycles. The SMILES string of the molecule is CC(=O)CC(C)=O.CC(=O)CCCC=O.CC(=O)O.CC=O.CCOC(=O)CC(C)=O.CCOC=O.O=C(O)c1ccccc1.O=C1CCC(=O)O1.O=Cc1ccccc1O. The summed E-state index contributed by atoms with van der Waals surface area (Å²) in [5.74, 6) is -3.04. The van der Waals surface area contributed by atoms with Crippen LogP contribution in [0.15, 0.2) is 54.6 Å². The topological polar surface area (TPSA) is 310 Å². The highest BCUT2D eigenvalue weighted by molar-refractivity contribution is 5.96. The molecule has 3 rings (SSSR count). The lowest BCUT2D eigenvalue weighted by Gasteiger charge is -1.96. The van der Waals surface area contributed by atoms with Crippen molar-refractivity contribution in [1.29, 1.82) is 0 Å². The summed E-state index contributed by atoms with van der Waals surface area (Å²) in [7, 11) is 0. The van der Waals surface area contributed by atoms with Crippen LogP contribution < -0.4 is 0 Å². The van der Waals surface area contributed by atoms with Gasteiger partial charge in [0.1, 0.15) is 47.9 Å². The number of benzene rings is 2. The first-order valence-electron chi connectivity index (χ1n) is 18.0. The molecule has 0 aliphatic carbocycles. The van der Waals surface area contributed by atoms with Crippen molar-refractivity contribution in [2.75, 3.05) is 13.2 Å². The molecule has 19 heteroatoms. The van der Waals surface area contributed by atoms with Crippen LogP contribution in [0, 0.1) is 0 Å². The number of aldehydes is 3. The van der Waals surface area contributed by atoms with Crippen LogP contribution in [0.3, 0.4) is 0 Å². The van der Waals surface area contributed by atoms with Gasteiger partial charge in [0, 0.05) is 19.8 Å². The van der Waals surface area contributed by atoms with Crippen molar-refractivity contribution in [3.05, 3.63) is 65.7 Å². The molecule has 0 atom stereocenters. The molecule has 0 bridgehead atoms. The number of rotatable bonds is 13. The van der Waals surface area contributed by atoms with Gasteiger partial charge in [0.2, 0.25) is 0 Å². The maximum Gasteiger partial charge on any atom is 0.335 e. The zero-order valence-corrected chi connectivity index (χ0v) is 35.7. The van der Waals surface area contributed by atoms with Crippen LogP contribution in [0.1, 0.15) is 121 Å². The molecule has 0 saturated carbocycles. The Hall–Kier alpha value is -7.05. The Morgan fingerprint density at radius 1 is 0.689 bits per heavy atom. The third-order valence-corrected chi connectivity index (χ3v) is 5.13. The van der Waals surface area contributed by atoms with Crippen LogP contribution >= 0.6 is 0 Å². The third-order valence-electron chi connectivity index (χ3n) is 5.13. The molecule has 0 radical (unpaired) electrons. The van der Waals surface area contributed by atoms with Gasteiger partial charge >= 0.3 is 23.9 Å². The molecule has 1 saturated heterocycles. The van der Waals surface area contributed by atoms with Gasteiger partial charge in [-0.1, -0.05) is 30.3 Å². The Bertz CT molecular complexity index is 1570. The van der Waals surface area contributed by atoms with E-state index >= 15 is 0 Å². The first-order valence-corrected chi connectivity index (χ1v) is 18.0. The van der Waals surface area contributed by atoms with Crippen molar-refractivity contribution in [3.8, 4) is 5.75 Å². The highest BCUT2D eigenvalue weighted by atomic mass is 16.6. The van der Waals surface area contributed by atoms with E-state index in [-0.39, 0.29) is 54.6 Å². The number of esters is 3. The number of para-hydroxylation sites is 1. The van der Waals surface area contributed by atoms with Gasteiger partial charge in [0.15, 0.2) is 6.29 Å². The van der Waals surface area contributed by atoms with E-state index < -0.39 is 29.8 Å². The number of phenols is 1. The number of aliphatic carboxylic acids is 1. The van der Waals surface area contributed by atoms with Crippen LogP contribution in [0.25, 0.3) is 0 Å². The van der Waals surface area contributed by atoms with Crippen LogP contribution in [0.5, 0.6) is 5.75 Å². The lowest BCUT2D eigenvalue weighted by Crippen LogP contribution is -2.07. The average molecular weight is 867 g/mol. The Labute approximate surface area is 354 Å². The Kier molecular flexibility index (Phi) is 53.0. The van der Waals surface area contributed by atoms with Crippen molar-refractivity contribution in [3.63, 3.8) is 0 Å². The van der Waals surface area contributed by atoms with E-state index in [9.17, 15) is 52.7 Å². The molecule has 61 heavy (non-hydrogen) atoms. The van der Waals surface area contributed by atoms with E-state index in [1.807, 2.05) is 0 Å². The first kappa shape index (κ1) is 65.8. The quantitative estimate of drug-likeness (QED) is 0.0789.